The molecular weight excluding hydrogens is 386 g/mol. The van der Waals surface area contributed by atoms with Gasteiger partial charge in [0.25, 0.3) is 0 Å². The van der Waals surface area contributed by atoms with E-state index in [-0.39, 0.29) is 11.3 Å². The molecule has 0 spiro atoms. The average molecular weight is 410 g/mol. The van der Waals surface area contributed by atoms with Gasteiger partial charge in [0.2, 0.25) is 10.0 Å². The summed E-state index contributed by atoms with van der Waals surface area (Å²) in [6.45, 7) is 1.13. The van der Waals surface area contributed by atoms with Gasteiger partial charge < -0.3 is 5.32 Å². The minimum atomic E-state index is -3.09. The number of anilines is 1. The fourth-order valence-corrected chi connectivity index (χ4v) is 5.71. The largest absolute Gasteiger partial charge is 0.367 e. The molecule has 5 rings (SSSR count). The first-order chi connectivity index (χ1) is 14.1. The van der Waals surface area contributed by atoms with Gasteiger partial charge in [0, 0.05) is 42.5 Å². The number of aromatic nitrogens is 3. The highest BCUT2D eigenvalue weighted by molar-refractivity contribution is 7.90. The smallest absolute Gasteiger partial charge is 0.216 e. The molecule has 0 unspecified atom stereocenters. The van der Waals surface area contributed by atoms with E-state index in [2.05, 4.69) is 10.3 Å². The second kappa shape index (κ2) is 7.35. The molecule has 2 aromatic heterocycles. The molecule has 150 valence electrons. The molecule has 1 aromatic carbocycles. The fourth-order valence-electron chi connectivity index (χ4n) is 3.84. The topological polar surface area (TPSA) is 88.1 Å². The Morgan fingerprint density at radius 1 is 0.931 bits per heavy atom. The van der Waals surface area contributed by atoms with Crippen molar-refractivity contribution in [2.75, 3.05) is 18.4 Å². The lowest BCUT2D eigenvalue weighted by atomic mass is 10.1. The molecular formula is C21H23N5O2S. The summed E-state index contributed by atoms with van der Waals surface area (Å²) in [7, 11) is -3.09. The van der Waals surface area contributed by atoms with Crippen molar-refractivity contribution in [2.24, 2.45) is 0 Å². The number of nitrogens with one attached hydrogen (secondary N) is 1. The van der Waals surface area contributed by atoms with E-state index in [0.717, 1.165) is 48.0 Å². The molecule has 2 aliphatic rings. The Kier molecular flexibility index (Phi) is 4.67. The summed E-state index contributed by atoms with van der Waals surface area (Å²) in [5.41, 5.74) is 1.80. The van der Waals surface area contributed by atoms with E-state index in [1.165, 1.54) is 0 Å². The molecule has 1 aliphatic carbocycles. The van der Waals surface area contributed by atoms with E-state index in [0.29, 0.717) is 18.9 Å². The second-order valence-corrected chi connectivity index (χ2v) is 9.92. The third kappa shape index (κ3) is 3.70. The van der Waals surface area contributed by atoms with Crippen molar-refractivity contribution < 1.29 is 8.42 Å². The number of nitrogens with zero attached hydrogens (tertiary/aromatic N) is 4. The van der Waals surface area contributed by atoms with Crippen LogP contribution >= 0.6 is 0 Å². The van der Waals surface area contributed by atoms with Gasteiger partial charge in [-0.15, -0.1) is 0 Å². The van der Waals surface area contributed by atoms with E-state index < -0.39 is 10.0 Å². The molecule has 7 nitrogen and oxygen atoms in total. The standard InChI is InChI=1S/C21H23N5O2S/c27-29(28,17-5-6-17)26-13-9-16(10-14-26)23-21-18-3-1-2-4-19(18)24-20(25-21)15-7-11-22-12-8-15/h1-4,7-8,11-12,16-17H,5-6,9-10,13-14H2,(H,23,24,25). The average Bonchev–Trinajstić information content (AvgIpc) is 3.61. The number of rotatable bonds is 5. The fraction of sp³-hybridized carbons (Fsp3) is 0.381. The van der Waals surface area contributed by atoms with Crippen LogP contribution < -0.4 is 5.32 Å². The first-order valence-corrected chi connectivity index (χ1v) is 11.5. The molecule has 3 aromatic rings. The van der Waals surface area contributed by atoms with Crippen molar-refractivity contribution in [3.8, 4) is 11.4 Å². The van der Waals surface area contributed by atoms with E-state index >= 15 is 0 Å². The minimum Gasteiger partial charge on any atom is -0.367 e. The number of piperidine rings is 1. The van der Waals surface area contributed by atoms with Crippen molar-refractivity contribution in [1.29, 1.82) is 0 Å². The summed E-state index contributed by atoms with van der Waals surface area (Å²) in [6, 6.07) is 11.9. The Balaban J connectivity index is 1.39. The van der Waals surface area contributed by atoms with Crippen molar-refractivity contribution in [3.63, 3.8) is 0 Å². The lowest BCUT2D eigenvalue weighted by Gasteiger charge is -2.32. The van der Waals surface area contributed by atoms with Gasteiger partial charge in [-0.25, -0.2) is 22.7 Å². The minimum absolute atomic E-state index is 0.138. The molecule has 1 aliphatic heterocycles. The van der Waals surface area contributed by atoms with Crippen LogP contribution in [0.3, 0.4) is 0 Å². The van der Waals surface area contributed by atoms with Crippen LogP contribution in [0.5, 0.6) is 0 Å². The van der Waals surface area contributed by atoms with Crippen LogP contribution in [0.15, 0.2) is 48.8 Å². The van der Waals surface area contributed by atoms with E-state index in [4.69, 9.17) is 9.97 Å². The summed E-state index contributed by atoms with van der Waals surface area (Å²) in [4.78, 5) is 13.6. The van der Waals surface area contributed by atoms with Crippen molar-refractivity contribution in [1.82, 2.24) is 19.3 Å². The van der Waals surface area contributed by atoms with Gasteiger partial charge in [0.15, 0.2) is 5.82 Å². The van der Waals surface area contributed by atoms with Gasteiger partial charge in [-0.05, 0) is 49.9 Å². The number of benzene rings is 1. The summed E-state index contributed by atoms with van der Waals surface area (Å²) < 4.78 is 26.6. The van der Waals surface area contributed by atoms with Crippen LogP contribution in [0.2, 0.25) is 0 Å². The van der Waals surface area contributed by atoms with Crippen LogP contribution in [0.25, 0.3) is 22.3 Å². The Morgan fingerprint density at radius 2 is 1.66 bits per heavy atom. The number of sulfonamides is 1. The van der Waals surface area contributed by atoms with Crippen LogP contribution in [0, 0.1) is 0 Å². The molecule has 8 heteroatoms. The van der Waals surface area contributed by atoms with Crippen LogP contribution in [-0.2, 0) is 10.0 Å². The summed E-state index contributed by atoms with van der Waals surface area (Å²) in [5, 5.41) is 4.40. The number of fused-ring (bicyclic) bond motifs is 1. The van der Waals surface area contributed by atoms with Gasteiger partial charge in [-0.3, -0.25) is 4.98 Å². The molecule has 1 saturated heterocycles. The first kappa shape index (κ1) is 18.4. The second-order valence-electron chi connectivity index (χ2n) is 7.71. The molecule has 2 fully saturated rings. The molecule has 3 heterocycles. The third-order valence-electron chi connectivity index (χ3n) is 5.64. The van der Waals surface area contributed by atoms with Crippen molar-refractivity contribution in [3.05, 3.63) is 48.8 Å². The van der Waals surface area contributed by atoms with Crippen LogP contribution in [0.4, 0.5) is 5.82 Å². The first-order valence-electron chi connectivity index (χ1n) is 10.0. The zero-order valence-corrected chi connectivity index (χ0v) is 16.8. The van der Waals surface area contributed by atoms with Gasteiger partial charge in [0.1, 0.15) is 5.82 Å². The zero-order valence-electron chi connectivity index (χ0n) is 16.0. The van der Waals surface area contributed by atoms with Gasteiger partial charge in [-0.2, -0.15) is 0 Å². The number of hydrogen-bond donors (Lipinski definition) is 1. The molecule has 1 N–H and O–H groups in total. The van der Waals surface area contributed by atoms with E-state index in [1.54, 1.807) is 16.7 Å². The van der Waals surface area contributed by atoms with Crippen LogP contribution in [0.1, 0.15) is 25.7 Å². The summed E-state index contributed by atoms with van der Waals surface area (Å²) >= 11 is 0. The Morgan fingerprint density at radius 3 is 2.38 bits per heavy atom. The maximum atomic E-state index is 12.5. The number of pyridine rings is 1. The van der Waals surface area contributed by atoms with Gasteiger partial charge in [-0.1, -0.05) is 12.1 Å². The predicted molar refractivity (Wildman–Crippen MR) is 113 cm³/mol. The Hall–Kier alpha value is -2.58. The van der Waals surface area contributed by atoms with Gasteiger partial charge in [0.05, 0.1) is 10.8 Å². The molecule has 0 bridgehead atoms. The number of hydrogen-bond acceptors (Lipinski definition) is 6. The maximum absolute atomic E-state index is 12.5. The third-order valence-corrected chi connectivity index (χ3v) is 8.04. The highest BCUT2D eigenvalue weighted by Crippen LogP contribution is 2.33. The Bertz CT molecular complexity index is 1120. The SMILES string of the molecule is O=S(=O)(C1CC1)N1CCC(Nc2nc(-c3ccncc3)nc3ccccc23)CC1. The maximum Gasteiger partial charge on any atom is 0.216 e. The van der Waals surface area contributed by atoms with Crippen molar-refractivity contribution in [2.45, 2.75) is 37.0 Å². The van der Waals surface area contributed by atoms with Gasteiger partial charge >= 0.3 is 0 Å². The highest BCUT2D eigenvalue weighted by Gasteiger charge is 2.41. The molecule has 29 heavy (non-hydrogen) atoms. The molecule has 0 radical (unpaired) electrons. The summed E-state index contributed by atoms with van der Waals surface area (Å²) in [6.07, 6.45) is 6.63. The highest BCUT2D eigenvalue weighted by atomic mass is 32.2. The zero-order chi connectivity index (χ0) is 19.8. The lowest BCUT2D eigenvalue weighted by molar-refractivity contribution is 0.329. The Labute approximate surface area is 170 Å². The quantitative estimate of drug-likeness (QED) is 0.697. The lowest BCUT2D eigenvalue weighted by Crippen LogP contribution is -2.43. The van der Waals surface area contributed by atoms with E-state index in [9.17, 15) is 8.42 Å². The van der Waals surface area contributed by atoms with E-state index in [1.807, 2.05) is 36.4 Å². The van der Waals surface area contributed by atoms with Crippen LogP contribution in [-0.4, -0.2) is 52.1 Å². The van der Waals surface area contributed by atoms with Crippen molar-refractivity contribution >= 4 is 26.7 Å². The predicted octanol–water partition coefficient (Wildman–Crippen LogP) is 3.06. The monoisotopic (exact) mass is 409 g/mol. The molecule has 0 amide bonds. The normalized spacial score (nSPS) is 18.8. The molecule has 0 atom stereocenters. The molecule has 1 saturated carbocycles. The summed E-state index contributed by atoms with van der Waals surface area (Å²) in [5.74, 6) is 1.45. The number of para-hydroxylation sites is 1.